The first-order valence-electron chi connectivity index (χ1n) is 11.8. The van der Waals surface area contributed by atoms with E-state index in [-0.39, 0.29) is 0 Å². The quantitative estimate of drug-likeness (QED) is 0.742. The number of carbonyl (C=O) groups excluding carboxylic acids is 1. The molecule has 0 radical (unpaired) electrons. The molecule has 5 heterocycles. The Morgan fingerprint density at radius 1 is 1.07 bits per heavy atom. The molecule has 8 heteroatoms. The van der Waals surface area contributed by atoms with Crippen LogP contribution in [0.2, 0.25) is 0 Å². The molecule has 8 nitrogen and oxygen atoms in total. The third kappa shape index (κ3) is 2.43. The van der Waals surface area contributed by atoms with Gasteiger partial charge in [0.2, 0.25) is 5.91 Å². The van der Waals surface area contributed by atoms with Crippen LogP contribution in [0.5, 0.6) is 0 Å². The first kappa shape index (κ1) is 18.0. The van der Waals surface area contributed by atoms with Gasteiger partial charge in [-0.3, -0.25) is 9.69 Å². The number of likely N-dealkylation sites (tertiary alicyclic amines) is 2. The lowest BCUT2D eigenvalue weighted by atomic mass is 9.67. The number of morpholine rings is 1. The van der Waals surface area contributed by atoms with Crippen molar-refractivity contribution in [3.05, 3.63) is 5.82 Å². The van der Waals surface area contributed by atoms with Gasteiger partial charge < -0.3 is 19.1 Å². The molecule has 7 rings (SSSR count). The van der Waals surface area contributed by atoms with E-state index in [0.29, 0.717) is 59.2 Å². The van der Waals surface area contributed by atoms with Gasteiger partial charge in [0, 0.05) is 37.1 Å². The smallest absolute Gasteiger partial charge is 0.324 e. The van der Waals surface area contributed by atoms with Crippen molar-refractivity contribution in [2.75, 3.05) is 37.7 Å². The number of aromatic nitrogens is 2. The molecule has 2 aliphatic carbocycles. The minimum absolute atomic E-state index is 0.297. The Morgan fingerprint density at radius 3 is 2.33 bits per heavy atom. The Balaban J connectivity index is 0.998. The van der Waals surface area contributed by atoms with E-state index in [4.69, 9.17) is 9.26 Å². The first-order valence-corrected chi connectivity index (χ1v) is 11.8. The van der Waals surface area contributed by atoms with Gasteiger partial charge in [-0.25, -0.2) is 0 Å². The molecule has 6 fully saturated rings. The summed E-state index contributed by atoms with van der Waals surface area (Å²) >= 11 is 0. The molecule has 4 aliphatic heterocycles. The van der Waals surface area contributed by atoms with E-state index in [1.54, 1.807) is 0 Å². The molecule has 1 spiro atoms. The molecule has 1 aromatic heterocycles. The number of nitrogens with zero attached hydrogens (tertiary/aromatic N) is 5. The fraction of sp³-hybridized carbons (Fsp3) is 0.864. The normalized spacial score (nSPS) is 41.4. The lowest BCUT2D eigenvalue weighted by Gasteiger charge is -2.59. The zero-order valence-corrected chi connectivity index (χ0v) is 17.7. The lowest BCUT2D eigenvalue weighted by molar-refractivity contribution is -0.158. The average Bonchev–Trinajstić information content (AvgIpc) is 2.98. The van der Waals surface area contributed by atoms with Crippen molar-refractivity contribution in [3.8, 4) is 0 Å². The highest BCUT2D eigenvalue weighted by molar-refractivity contribution is 5.84. The van der Waals surface area contributed by atoms with Crippen molar-refractivity contribution in [2.24, 2.45) is 17.8 Å². The number of hydrogen-bond acceptors (Lipinski definition) is 7. The number of rotatable bonds is 3. The summed E-state index contributed by atoms with van der Waals surface area (Å²) < 4.78 is 11.4. The van der Waals surface area contributed by atoms with E-state index in [9.17, 15) is 4.79 Å². The fourth-order valence-electron chi connectivity index (χ4n) is 7.28. The van der Waals surface area contributed by atoms with E-state index >= 15 is 0 Å². The summed E-state index contributed by atoms with van der Waals surface area (Å²) in [5, 5.41) is 3.99. The number of anilines is 1. The Labute approximate surface area is 176 Å². The molecule has 6 aliphatic rings. The highest BCUT2D eigenvalue weighted by Crippen LogP contribution is 2.57. The maximum Gasteiger partial charge on any atom is 0.324 e. The van der Waals surface area contributed by atoms with E-state index < -0.39 is 0 Å². The molecule has 0 N–H and O–H groups in total. The Hall–Kier alpha value is -1.67. The van der Waals surface area contributed by atoms with Gasteiger partial charge in [-0.1, -0.05) is 5.16 Å². The second-order valence-electron chi connectivity index (χ2n) is 10.6. The molecule has 1 aromatic rings. The third-order valence-corrected chi connectivity index (χ3v) is 9.18. The van der Waals surface area contributed by atoms with Gasteiger partial charge in [-0.2, -0.15) is 4.98 Å². The zero-order chi connectivity index (χ0) is 20.0. The zero-order valence-electron chi connectivity index (χ0n) is 17.7. The van der Waals surface area contributed by atoms with Gasteiger partial charge in [-0.05, 0) is 57.3 Å². The van der Waals surface area contributed by atoms with Crippen LogP contribution in [0, 0.1) is 24.7 Å². The van der Waals surface area contributed by atoms with Crippen LogP contribution < -0.4 is 4.90 Å². The van der Waals surface area contributed by atoms with Gasteiger partial charge in [0.1, 0.15) is 0 Å². The van der Waals surface area contributed by atoms with Crippen molar-refractivity contribution in [1.29, 1.82) is 0 Å². The largest absolute Gasteiger partial charge is 0.377 e. The van der Waals surface area contributed by atoms with Crippen molar-refractivity contribution >= 4 is 11.9 Å². The van der Waals surface area contributed by atoms with Gasteiger partial charge in [0.25, 0.3) is 0 Å². The minimum Gasteiger partial charge on any atom is -0.377 e. The summed E-state index contributed by atoms with van der Waals surface area (Å²) in [5.41, 5.74) is 0.297. The topological polar surface area (TPSA) is 74.9 Å². The molecule has 30 heavy (non-hydrogen) atoms. The van der Waals surface area contributed by atoms with Gasteiger partial charge in [0.05, 0.1) is 25.3 Å². The molecule has 2 saturated carbocycles. The van der Waals surface area contributed by atoms with Crippen LogP contribution >= 0.6 is 0 Å². The summed E-state index contributed by atoms with van der Waals surface area (Å²) in [6.07, 6.45) is 7.20. The van der Waals surface area contributed by atoms with Crippen molar-refractivity contribution in [1.82, 2.24) is 19.9 Å². The lowest BCUT2D eigenvalue weighted by Crippen LogP contribution is -2.66. The molecule has 0 aromatic carbocycles. The molecule has 2 bridgehead atoms. The monoisotopic (exact) mass is 413 g/mol. The average molecular weight is 414 g/mol. The van der Waals surface area contributed by atoms with Crippen molar-refractivity contribution in [2.45, 2.75) is 69.1 Å². The maximum absolute atomic E-state index is 13.1. The van der Waals surface area contributed by atoms with Crippen molar-refractivity contribution in [3.63, 3.8) is 0 Å². The number of hydrogen-bond donors (Lipinski definition) is 0. The predicted molar refractivity (Wildman–Crippen MR) is 108 cm³/mol. The second kappa shape index (κ2) is 6.19. The number of fused-ring (bicyclic) bond motifs is 3. The Bertz CT molecular complexity index is 837. The minimum atomic E-state index is 0.297. The molecular weight excluding hydrogens is 382 g/mol. The van der Waals surface area contributed by atoms with Crippen molar-refractivity contribution < 1.29 is 14.1 Å². The third-order valence-electron chi connectivity index (χ3n) is 9.18. The van der Waals surface area contributed by atoms with Crippen LogP contribution in [-0.4, -0.2) is 82.4 Å². The summed E-state index contributed by atoms with van der Waals surface area (Å²) in [5.74, 6) is 2.70. The second-order valence-corrected chi connectivity index (χ2v) is 10.6. The van der Waals surface area contributed by atoms with E-state index in [2.05, 4.69) is 24.8 Å². The van der Waals surface area contributed by atoms with Crippen LogP contribution in [0.3, 0.4) is 0 Å². The maximum atomic E-state index is 13.1. The molecule has 1 amide bonds. The Morgan fingerprint density at radius 2 is 1.80 bits per heavy atom. The molecular formula is C22H31N5O3. The highest BCUT2D eigenvalue weighted by atomic mass is 16.5. The molecule has 162 valence electrons. The fourth-order valence-corrected chi connectivity index (χ4v) is 7.28. The first-order chi connectivity index (χ1) is 14.6. The van der Waals surface area contributed by atoms with E-state index in [1.807, 2.05) is 6.92 Å². The number of piperidine rings is 2. The van der Waals surface area contributed by atoms with E-state index in [0.717, 1.165) is 45.7 Å². The molecule has 5 atom stereocenters. The van der Waals surface area contributed by atoms with Crippen LogP contribution in [-0.2, 0) is 9.53 Å². The number of aryl methyl sites for hydroxylation is 1. The van der Waals surface area contributed by atoms with Crippen LogP contribution in [0.25, 0.3) is 0 Å². The van der Waals surface area contributed by atoms with Crippen LogP contribution in [0.15, 0.2) is 4.52 Å². The number of ether oxygens (including phenoxy) is 1. The SMILES string of the molecule is Cc1noc(N2C3COCC2CC(N2C[C@@H]4C(C(=O)N5CCC56CCC6)[C@@H]4C2)C3)n1. The van der Waals surface area contributed by atoms with E-state index in [1.165, 1.54) is 25.7 Å². The van der Waals surface area contributed by atoms with Gasteiger partial charge in [-0.15, -0.1) is 0 Å². The molecule has 4 saturated heterocycles. The number of carbonyl (C=O) groups is 1. The van der Waals surface area contributed by atoms with Gasteiger partial charge >= 0.3 is 6.01 Å². The molecule has 3 unspecified atom stereocenters. The summed E-state index contributed by atoms with van der Waals surface area (Å²) in [4.78, 5) is 24.8. The van der Waals surface area contributed by atoms with Gasteiger partial charge in [0.15, 0.2) is 5.82 Å². The van der Waals surface area contributed by atoms with Crippen LogP contribution in [0.4, 0.5) is 6.01 Å². The standard InChI is InChI=1S/C22H31N5O3/c1-13-23-21(30-24-13)27-15-7-14(8-16(27)12-29-11-15)25-9-17-18(10-25)19(17)20(28)26-6-5-22(26)3-2-4-22/h14-19H,2-12H2,1H3/t14?,15?,16?,17-,18+,19?. The Kier molecular flexibility index (Phi) is 3.70. The highest BCUT2D eigenvalue weighted by Gasteiger charge is 2.64. The number of amides is 1. The summed E-state index contributed by atoms with van der Waals surface area (Å²) in [6, 6.07) is 1.83. The summed E-state index contributed by atoms with van der Waals surface area (Å²) in [6.45, 7) is 6.54. The predicted octanol–water partition coefficient (Wildman–Crippen LogP) is 1.45. The van der Waals surface area contributed by atoms with Crippen LogP contribution in [0.1, 0.15) is 44.3 Å². The summed E-state index contributed by atoms with van der Waals surface area (Å²) in [7, 11) is 0.